The van der Waals surface area contributed by atoms with Crippen LogP contribution in [0.4, 0.5) is 0 Å². The monoisotopic (exact) mass is 219 g/mol. The summed E-state index contributed by atoms with van der Waals surface area (Å²) in [6, 6.07) is 8.37. The summed E-state index contributed by atoms with van der Waals surface area (Å²) in [5.41, 5.74) is 7.19. The Morgan fingerprint density at radius 1 is 1.38 bits per heavy atom. The van der Waals surface area contributed by atoms with Gasteiger partial charge >= 0.3 is 0 Å². The van der Waals surface area contributed by atoms with E-state index < -0.39 is 0 Å². The van der Waals surface area contributed by atoms with E-state index in [1.807, 2.05) is 12.1 Å². The molecule has 1 aromatic carbocycles. The number of hydrogen-bond donors (Lipinski definition) is 1. The third-order valence-corrected chi connectivity index (χ3v) is 3.33. The summed E-state index contributed by atoms with van der Waals surface area (Å²) >= 11 is 0. The van der Waals surface area contributed by atoms with E-state index in [4.69, 9.17) is 10.5 Å². The minimum atomic E-state index is 0.132. The smallest absolute Gasteiger partial charge is 0.120 e. The second-order valence-electron chi connectivity index (χ2n) is 4.61. The van der Waals surface area contributed by atoms with Crippen LogP contribution in [0.15, 0.2) is 24.3 Å². The predicted molar refractivity (Wildman–Crippen MR) is 66.5 cm³/mol. The normalized spacial score (nSPS) is 18.6. The maximum Gasteiger partial charge on any atom is 0.120 e. The highest BCUT2D eigenvalue weighted by Crippen LogP contribution is 2.26. The maximum atomic E-state index is 6.02. The molecule has 0 aliphatic heterocycles. The standard InChI is InChI=1S/C14H21NO/c1-2-14(15)11-6-5-9-13(10-11)16-12-7-3-4-8-12/h5-6,9-10,12,14H,2-4,7-8,15H2,1H3/t14-/m0/s1. The van der Waals surface area contributed by atoms with E-state index >= 15 is 0 Å². The first-order chi connectivity index (χ1) is 7.79. The molecule has 16 heavy (non-hydrogen) atoms. The third kappa shape index (κ3) is 2.76. The first kappa shape index (κ1) is 11.5. The van der Waals surface area contributed by atoms with Gasteiger partial charge in [-0.25, -0.2) is 0 Å². The molecule has 0 amide bonds. The molecule has 1 aliphatic rings. The summed E-state index contributed by atoms with van der Waals surface area (Å²) in [5.74, 6) is 0.980. The van der Waals surface area contributed by atoms with Gasteiger partial charge in [-0.15, -0.1) is 0 Å². The van der Waals surface area contributed by atoms with E-state index in [0.717, 1.165) is 12.2 Å². The Morgan fingerprint density at radius 2 is 2.12 bits per heavy atom. The fourth-order valence-electron chi connectivity index (χ4n) is 2.25. The Morgan fingerprint density at radius 3 is 2.81 bits per heavy atom. The van der Waals surface area contributed by atoms with Crippen molar-refractivity contribution in [1.29, 1.82) is 0 Å². The van der Waals surface area contributed by atoms with E-state index in [0.29, 0.717) is 6.10 Å². The number of benzene rings is 1. The molecule has 0 saturated heterocycles. The molecule has 0 radical (unpaired) electrons. The van der Waals surface area contributed by atoms with Crippen molar-refractivity contribution in [3.05, 3.63) is 29.8 Å². The highest BCUT2D eigenvalue weighted by molar-refractivity contribution is 5.30. The van der Waals surface area contributed by atoms with Crippen molar-refractivity contribution in [3.8, 4) is 5.75 Å². The Kier molecular flexibility index (Phi) is 3.83. The fourth-order valence-corrected chi connectivity index (χ4v) is 2.25. The van der Waals surface area contributed by atoms with Crippen molar-refractivity contribution in [2.75, 3.05) is 0 Å². The molecule has 0 bridgehead atoms. The summed E-state index contributed by atoms with van der Waals surface area (Å²) in [7, 11) is 0. The second-order valence-corrected chi connectivity index (χ2v) is 4.61. The van der Waals surface area contributed by atoms with Gasteiger partial charge in [0.25, 0.3) is 0 Å². The zero-order chi connectivity index (χ0) is 11.4. The van der Waals surface area contributed by atoms with E-state index in [2.05, 4.69) is 19.1 Å². The van der Waals surface area contributed by atoms with Crippen LogP contribution >= 0.6 is 0 Å². The predicted octanol–water partition coefficient (Wildman–Crippen LogP) is 3.42. The van der Waals surface area contributed by atoms with Gasteiger partial charge in [0.15, 0.2) is 0 Å². The van der Waals surface area contributed by atoms with Gasteiger partial charge < -0.3 is 10.5 Å². The molecule has 0 heterocycles. The summed E-state index contributed by atoms with van der Waals surface area (Å²) in [6.07, 6.45) is 6.40. The molecule has 1 fully saturated rings. The van der Waals surface area contributed by atoms with Crippen molar-refractivity contribution >= 4 is 0 Å². The first-order valence-corrected chi connectivity index (χ1v) is 6.32. The molecular weight excluding hydrogens is 198 g/mol. The Bertz CT molecular complexity index is 331. The van der Waals surface area contributed by atoms with Crippen molar-refractivity contribution in [2.24, 2.45) is 5.73 Å². The van der Waals surface area contributed by atoms with E-state index in [1.165, 1.54) is 31.2 Å². The van der Waals surface area contributed by atoms with E-state index in [9.17, 15) is 0 Å². The molecular formula is C14H21NO. The number of nitrogens with two attached hydrogens (primary N) is 1. The van der Waals surface area contributed by atoms with Gasteiger partial charge in [-0.1, -0.05) is 19.1 Å². The first-order valence-electron chi connectivity index (χ1n) is 6.32. The molecule has 2 N–H and O–H groups in total. The Balaban J connectivity index is 2.03. The zero-order valence-electron chi connectivity index (χ0n) is 9.99. The Labute approximate surface area is 97.8 Å². The topological polar surface area (TPSA) is 35.2 Å². The van der Waals surface area contributed by atoms with Crippen LogP contribution in [0, 0.1) is 0 Å². The molecule has 2 nitrogen and oxygen atoms in total. The Hall–Kier alpha value is -1.02. The molecule has 2 rings (SSSR count). The van der Waals surface area contributed by atoms with Gasteiger partial charge in [0.05, 0.1) is 6.10 Å². The molecule has 1 aromatic rings. The third-order valence-electron chi connectivity index (χ3n) is 3.33. The molecule has 0 spiro atoms. The molecule has 0 aromatic heterocycles. The number of rotatable bonds is 4. The molecule has 1 atom stereocenters. The molecule has 0 unspecified atom stereocenters. The molecule has 1 saturated carbocycles. The average molecular weight is 219 g/mol. The van der Waals surface area contributed by atoms with Crippen LogP contribution in [-0.2, 0) is 0 Å². The van der Waals surface area contributed by atoms with Crippen molar-refractivity contribution in [2.45, 2.75) is 51.2 Å². The van der Waals surface area contributed by atoms with Crippen molar-refractivity contribution < 1.29 is 4.74 Å². The van der Waals surface area contributed by atoms with Crippen molar-refractivity contribution in [1.82, 2.24) is 0 Å². The van der Waals surface area contributed by atoms with Crippen LogP contribution in [0.2, 0.25) is 0 Å². The molecule has 1 aliphatic carbocycles. The zero-order valence-corrected chi connectivity index (χ0v) is 9.99. The van der Waals surface area contributed by atoms with Crippen LogP contribution in [-0.4, -0.2) is 6.10 Å². The van der Waals surface area contributed by atoms with Crippen LogP contribution in [0.25, 0.3) is 0 Å². The molecule has 88 valence electrons. The lowest BCUT2D eigenvalue weighted by Gasteiger charge is -2.15. The quantitative estimate of drug-likeness (QED) is 0.842. The SMILES string of the molecule is CC[C@H](N)c1cccc(OC2CCCC2)c1. The summed E-state index contributed by atoms with van der Waals surface area (Å²) < 4.78 is 5.96. The van der Waals surface area contributed by atoms with Gasteiger partial charge in [0.2, 0.25) is 0 Å². The van der Waals surface area contributed by atoms with E-state index in [-0.39, 0.29) is 6.04 Å². The van der Waals surface area contributed by atoms with Crippen LogP contribution in [0.1, 0.15) is 50.6 Å². The van der Waals surface area contributed by atoms with Crippen LogP contribution in [0.5, 0.6) is 5.75 Å². The van der Waals surface area contributed by atoms with Crippen LogP contribution in [0.3, 0.4) is 0 Å². The lowest BCUT2D eigenvalue weighted by Crippen LogP contribution is -2.12. The van der Waals surface area contributed by atoms with Crippen molar-refractivity contribution in [3.63, 3.8) is 0 Å². The average Bonchev–Trinajstić information content (AvgIpc) is 2.81. The fraction of sp³-hybridized carbons (Fsp3) is 0.571. The van der Waals surface area contributed by atoms with Gasteiger partial charge in [-0.3, -0.25) is 0 Å². The lowest BCUT2D eigenvalue weighted by atomic mass is 10.1. The summed E-state index contributed by atoms with van der Waals surface area (Å²) in [6.45, 7) is 2.11. The van der Waals surface area contributed by atoms with Crippen LogP contribution < -0.4 is 10.5 Å². The summed E-state index contributed by atoms with van der Waals surface area (Å²) in [4.78, 5) is 0. The highest BCUT2D eigenvalue weighted by atomic mass is 16.5. The van der Waals surface area contributed by atoms with Gasteiger partial charge in [0, 0.05) is 6.04 Å². The summed E-state index contributed by atoms with van der Waals surface area (Å²) in [5, 5.41) is 0. The minimum absolute atomic E-state index is 0.132. The maximum absolute atomic E-state index is 6.02. The number of hydrogen-bond acceptors (Lipinski definition) is 2. The van der Waals surface area contributed by atoms with Gasteiger partial charge in [0.1, 0.15) is 5.75 Å². The largest absolute Gasteiger partial charge is 0.490 e. The van der Waals surface area contributed by atoms with Gasteiger partial charge in [-0.2, -0.15) is 0 Å². The minimum Gasteiger partial charge on any atom is -0.490 e. The van der Waals surface area contributed by atoms with E-state index in [1.54, 1.807) is 0 Å². The highest BCUT2D eigenvalue weighted by Gasteiger charge is 2.16. The van der Waals surface area contributed by atoms with Gasteiger partial charge in [-0.05, 0) is 49.8 Å². The second kappa shape index (κ2) is 5.35. The number of ether oxygens (including phenoxy) is 1. The lowest BCUT2D eigenvalue weighted by molar-refractivity contribution is 0.210. The molecule has 2 heteroatoms.